The van der Waals surface area contributed by atoms with E-state index >= 15 is 0 Å². The zero-order valence-corrected chi connectivity index (χ0v) is 22.8. The third-order valence-electron chi connectivity index (χ3n) is 5.59. The number of nitrogens with zero attached hydrogens (tertiary/aromatic N) is 1. The molecule has 0 spiro atoms. The maximum atomic E-state index is 13.8. The van der Waals surface area contributed by atoms with Crippen molar-refractivity contribution < 1.29 is 19.1 Å². The summed E-state index contributed by atoms with van der Waals surface area (Å²) in [6.07, 6.45) is 0.820. The van der Waals surface area contributed by atoms with Gasteiger partial charge in [-0.15, -0.1) is 6.58 Å². The van der Waals surface area contributed by atoms with Gasteiger partial charge in [0.15, 0.2) is 0 Å². The summed E-state index contributed by atoms with van der Waals surface area (Å²) >= 11 is 6.36. The van der Waals surface area contributed by atoms with Crippen LogP contribution >= 0.6 is 11.6 Å². The van der Waals surface area contributed by atoms with Gasteiger partial charge in [-0.1, -0.05) is 48.0 Å². The van der Waals surface area contributed by atoms with Crippen molar-refractivity contribution in [1.29, 1.82) is 0 Å². The fraction of sp³-hybridized carbons (Fsp3) is 0.393. The Hall–Kier alpha value is -3.32. The Labute approximate surface area is 218 Å². The monoisotopic (exact) mass is 513 g/mol. The number of anilines is 1. The number of rotatable bonds is 8. The van der Waals surface area contributed by atoms with E-state index in [1.54, 1.807) is 45.9 Å². The first kappa shape index (κ1) is 28.9. The minimum Gasteiger partial charge on any atom is -0.444 e. The van der Waals surface area contributed by atoms with Gasteiger partial charge in [-0.2, -0.15) is 0 Å². The van der Waals surface area contributed by atoms with Crippen LogP contribution in [0.15, 0.2) is 49.1 Å². The van der Waals surface area contributed by atoms with Crippen LogP contribution in [-0.2, 0) is 14.3 Å². The van der Waals surface area contributed by atoms with Crippen molar-refractivity contribution in [2.45, 2.75) is 66.2 Å². The molecular weight excluding hydrogens is 478 g/mol. The molecule has 2 aromatic rings. The Bertz CT molecular complexity index is 1120. The molecule has 0 heterocycles. The molecule has 0 aliphatic carbocycles. The second-order valence-electron chi connectivity index (χ2n) is 9.81. The number of aryl methyl sites for hydroxylation is 3. The van der Waals surface area contributed by atoms with E-state index in [1.807, 2.05) is 45.0 Å². The smallest absolute Gasteiger partial charge is 0.408 e. The lowest BCUT2D eigenvalue weighted by Gasteiger charge is -2.33. The van der Waals surface area contributed by atoms with Crippen molar-refractivity contribution in [2.75, 3.05) is 11.9 Å². The van der Waals surface area contributed by atoms with E-state index in [4.69, 9.17) is 16.3 Å². The third kappa shape index (κ3) is 7.59. The predicted molar refractivity (Wildman–Crippen MR) is 144 cm³/mol. The van der Waals surface area contributed by atoms with E-state index in [2.05, 4.69) is 17.2 Å². The number of amides is 3. The first-order chi connectivity index (χ1) is 16.7. The average Bonchev–Trinajstić information content (AvgIpc) is 2.76. The maximum Gasteiger partial charge on any atom is 0.408 e. The van der Waals surface area contributed by atoms with Crippen molar-refractivity contribution in [2.24, 2.45) is 0 Å². The quantitative estimate of drug-likeness (QED) is 0.432. The lowest BCUT2D eigenvalue weighted by Crippen LogP contribution is -2.51. The Morgan fingerprint density at radius 3 is 2.31 bits per heavy atom. The maximum absolute atomic E-state index is 13.8. The van der Waals surface area contributed by atoms with Crippen molar-refractivity contribution in [3.05, 3.63) is 76.3 Å². The Kier molecular flexibility index (Phi) is 9.70. The summed E-state index contributed by atoms with van der Waals surface area (Å²) in [6.45, 7) is 16.4. The molecule has 0 bridgehead atoms. The summed E-state index contributed by atoms with van der Waals surface area (Å²) in [4.78, 5) is 41.0. The van der Waals surface area contributed by atoms with E-state index < -0.39 is 35.6 Å². The summed E-state index contributed by atoms with van der Waals surface area (Å²) in [6, 6.07) is 8.98. The molecule has 0 aromatic heterocycles. The number of carbonyl (C=O) groups excluding carboxylic acids is 3. The van der Waals surface area contributed by atoms with Crippen LogP contribution in [0.3, 0.4) is 0 Å². The molecule has 2 rings (SSSR count). The summed E-state index contributed by atoms with van der Waals surface area (Å²) in [7, 11) is 0. The Balaban J connectivity index is 2.48. The van der Waals surface area contributed by atoms with Gasteiger partial charge in [0.25, 0.3) is 5.91 Å². The van der Waals surface area contributed by atoms with E-state index in [9.17, 15) is 14.4 Å². The summed E-state index contributed by atoms with van der Waals surface area (Å²) in [5.74, 6) is -0.899. The van der Waals surface area contributed by atoms with Gasteiger partial charge in [-0.05, 0) is 76.8 Å². The molecule has 194 valence electrons. The third-order valence-corrected chi connectivity index (χ3v) is 5.90. The normalized spacial score (nSPS) is 12.8. The fourth-order valence-electron chi connectivity index (χ4n) is 3.65. The van der Waals surface area contributed by atoms with Gasteiger partial charge in [-0.3, -0.25) is 9.59 Å². The van der Waals surface area contributed by atoms with Gasteiger partial charge in [0.2, 0.25) is 5.91 Å². The number of alkyl carbamates (subject to hydrolysis) is 1. The lowest BCUT2D eigenvalue weighted by molar-refractivity contribution is -0.139. The summed E-state index contributed by atoms with van der Waals surface area (Å²) in [5.41, 5.74) is 3.20. The average molecular weight is 514 g/mol. The number of hydrogen-bond acceptors (Lipinski definition) is 4. The second-order valence-corrected chi connectivity index (χ2v) is 10.2. The molecule has 7 nitrogen and oxygen atoms in total. The number of para-hydroxylation sites is 1. The van der Waals surface area contributed by atoms with Gasteiger partial charge < -0.3 is 20.3 Å². The van der Waals surface area contributed by atoms with Crippen molar-refractivity contribution in [3.63, 3.8) is 0 Å². The molecule has 2 aromatic carbocycles. The van der Waals surface area contributed by atoms with Gasteiger partial charge in [-0.25, -0.2) is 4.79 Å². The van der Waals surface area contributed by atoms with Crippen molar-refractivity contribution in [1.82, 2.24) is 10.2 Å². The second kappa shape index (κ2) is 12.1. The molecule has 0 aliphatic heterocycles. The standard InChI is InChI=1S/C28H36ClN3O4/c1-9-15-32(26(34)20(5)30-27(35)36-28(6,7)8)24(21-14-13-17(2)19(4)16-21)25(33)31-23-18(3)11-10-12-22(23)29/h9-14,16,20,24H,1,15H2,2-8H3,(H,30,35)(H,31,33). The summed E-state index contributed by atoms with van der Waals surface area (Å²) < 4.78 is 5.29. The van der Waals surface area contributed by atoms with Crippen molar-refractivity contribution in [3.8, 4) is 0 Å². The van der Waals surface area contributed by atoms with E-state index in [1.165, 1.54) is 4.90 Å². The topological polar surface area (TPSA) is 87.7 Å². The predicted octanol–water partition coefficient (Wildman–Crippen LogP) is 5.87. The van der Waals surface area contributed by atoms with Crippen LogP contribution in [0.1, 0.15) is 56.0 Å². The van der Waals surface area contributed by atoms with Crippen LogP contribution < -0.4 is 10.6 Å². The highest BCUT2D eigenvalue weighted by atomic mass is 35.5. The van der Waals surface area contributed by atoms with Crippen molar-refractivity contribution >= 4 is 35.2 Å². The van der Waals surface area contributed by atoms with Crippen LogP contribution in [0.5, 0.6) is 0 Å². The number of hydrogen-bond donors (Lipinski definition) is 2. The SMILES string of the molecule is C=CCN(C(=O)C(C)NC(=O)OC(C)(C)C)C(C(=O)Nc1c(C)cccc1Cl)c1ccc(C)c(C)c1. The highest BCUT2D eigenvalue weighted by Crippen LogP contribution is 2.30. The zero-order valence-electron chi connectivity index (χ0n) is 22.1. The number of ether oxygens (including phenoxy) is 1. The van der Waals surface area contributed by atoms with Crippen LogP contribution in [0.4, 0.5) is 10.5 Å². The first-order valence-electron chi connectivity index (χ1n) is 11.8. The molecule has 8 heteroatoms. The summed E-state index contributed by atoms with van der Waals surface area (Å²) in [5, 5.41) is 5.87. The minimum atomic E-state index is -1.01. The van der Waals surface area contributed by atoms with Crippen LogP contribution in [-0.4, -0.2) is 41.0 Å². The van der Waals surface area contributed by atoms with Gasteiger partial charge in [0.05, 0.1) is 10.7 Å². The molecule has 0 radical (unpaired) electrons. The first-order valence-corrected chi connectivity index (χ1v) is 12.2. The molecule has 3 amide bonds. The fourth-order valence-corrected chi connectivity index (χ4v) is 3.91. The van der Waals surface area contributed by atoms with Gasteiger partial charge in [0.1, 0.15) is 17.7 Å². The Morgan fingerprint density at radius 1 is 1.08 bits per heavy atom. The van der Waals surface area contributed by atoms with E-state index in [0.29, 0.717) is 16.3 Å². The van der Waals surface area contributed by atoms with Crippen LogP contribution in [0, 0.1) is 20.8 Å². The minimum absolute atomic E-state index is 0.0751. The number of nitrogens with one attached hydrogen (secondary N) is 2. The number of carbonyl (C=O) groups is 3. The molecule has 0 saturated carbocycles. The molecule has 0 fully saturated rings. The molecule has 36 heavy (non-hydrogen) atoms. The van der Waals surface area contributed by atoms with Crippen LogP contribution in [0.2, 0.25) is 5.02 Å². The molecular formula is C28H36ClN3O4. The molecule has 2 unspecified atom stereocenters. The number of benzene rings is 2. The van der Waals surface area contributed by atoms with E-state index in [-0.39, 0.29) is 6.54 Å². The highest BCUT2D eigenvalue weighted by molar-refractivity contribution is 6.34. The van der Waals surface area contributed by atoms with Gasteiger partial charge >= 0.3 is 6.09 Å². The lowest BCUT2D eigenvalue weighted by atomic mass is 9.98. The largest absolute Gasteiger partial charge is 0.444 e. The molecule has 2 N–H and O–H groups in total. The highest BCUT2D eigenvalue weighted by Gasteiger charge is 2.34. The molecule has 2 atom stereocenters. The molecule has 0 aliphatic rings. The van der Waals surface area contributed by atoms with Crippen LogP contribution in [0.25, 0.3) is 0 Å². The Morgan fingerprint density at radius 2 is 1.75 bits per heavy atom. The molecule has 0 saturated heterocycles. The zero-order chi connectivity index (χ0) is 27.2. The number of halogens is 1. The van der Waals surface area contributed by atoms with Gasteiger partial charge in [0, 0.05) is 6.54 Å². The van der Waals surface area contributed by atoms with E-state index in [0.717, 1.165) is 16.7 Å².